The molecule has 2 amide bonds. The van der Waals surface area contributed by atoms with Crippen LogP contribution in [0.5, 0.6) is 0 Å². The molecule has 0 radical (unpaired) electrons. The van der Waals surface area contributed by atoms with Gasteiger partial charge in [0, 0.05) is 18.3 Å². The van der Waals surface area contributed by atoms with E-state index < -0.39 is 0 Å². The van der Waals surface area contributed by atoms with Crippen molar-refractivity contribution >= 4 is 23.0 Å². The van der Waals surface area contributed by atoms with Gasteiger partial charge in [-0.25, -0.2) is 9.97 Å². The van der Waals surface area contributed by atoms with Crippen molar-refractivity contribution in [3.63, 3.8) is 0 Å². The molecule has 0 aromatic carbocycles. The maximum Gasteiger partial charge on any atom is 0.255 e. The number of nitrogens with zero attached hydrogens (tertiary/aromatic N) is 2. The second kappa shape index (κ2) is 8.33. The molecule has 0 bridgehead atoms. The summed E-state index contributed by atoms with van der Waals surface area (Å²) in [5.74, 6) is 0.274. The molecule has 0 spiro atoms. The first-order valence-electron chi connectivity index (χ1n) is 9.53. The highest BCUT2D eigenvalue weighted by atomic mass is 16.2. The highest BCUT2D eigenvalue weighted by Gasteiger charge is 2.23. The first-order chi connectivity index (χ1) is 13.0. The second-order valence-electron chi connectivity index (χ2n) is 7.52. The van der Waals surface area contributed by atoms with Crippen LogP contribution in [0.2, 0.25) is 0 Å². The minimum atomic E-state index is -0.138. The highest BCUT2D eigenvalue weighted by Crippen LogP contribution is 2.27. The molecule has 144 valence electrons. The summed E-state index contributed by atoms with van der Waals surface area (Å²) < 4.78 is 0. The summed E-state index contributed by atoms with van der Waals surface area (Å²) in [4.78, 5) is 35.9. The molecule has 1 aliphatic rings. The van der Waals surface area contributed by atoms with E-state index in [9.17, 15) is 9.59 Å². The lowest BCUT2D eigenvalue weighted by Gasteiger charge is -2.28. The van der Waals surface area contributed by atoms with Gasteiger partial charge in [-0.15, -0.1) is 0 Å². The Labute approximate surface area is 159 Å². The van der Waals surface area contributed by atoms with Crippen molar-refractivity contribution in [2.24, 2.45) is 5.92 Å². The van der Waals surface area contributed by atoms with E-state index in [4.69, 9.17) is 4.98 Å². The Kier molecular flexibility index (Phi) is 5.88. The summed E-state index contributed by atoms with van der Waals surface area (Å²) in [6, 6.07) is 0.298. The smallest absolute Gasteiger partial charge is 0.255 e. The molecule has 7 nitrogen and oxygen atoms in total. The Morgan fingerprint density at radius 3 is 2.74 bits per heavy atom. The zero-order chi connectivity index (χ0) is 19.4. The quantitative estimate of drug-likeness (QED) is 0.681. The summed E-state index contributed by atoms with van der Waals surface area (Å²) >= 11 is 0. The van der Waals surface area contributed by atoms with Gasteiger partial charge in [0.1, 0.15) is 5.52 Å². The number of aromatic nitrogens is 3. The summed E-state index contributed by atoms with van der Waals surface area (Å²) in [6.45, 7) is 7.35. The Bertz CT molecular complexity index is 834. The number of carbonyl (C=O) groups is 2. The zero-order valence-electron chi connectivity index (χ0n) is 15.9. The Morgan fingerprint density at radius 2 is 2.07 bits per heavy atom. The number of hydrogen-bond donors (Lipinski definition) is 3. The normalized spacial score (nSPS) is 19.8. The van der Waals surface area contributed by atoms with Crippen molar-refractivity contribution in [3.05, 3.63) is 36.3 Å². The SMILES string of the molecule is C=CC(=O)NC1CCC(Cc2cnc3[nH]cc(C(=O)NC(C)C)c3n2)CC1. The number of H-pyrrole nitrogens is 1. The van der Waals surface area contributed by atoms with Crippen molar-refractivity contribution in [1.82, 2.24) is 25.6 Å². The van der Waals surface area contributed by atoms with Gasteiger partial charge in [0.25, 0.3) is 5.91 Å². The maximum absolute atomic E-state index is 12.3. The van der Waals surface area contributed by atoms with Crippen LogP contribution in [0.3, 0.4) is 0 Å². The van der Waals surface area contributed by atoms with Crippen molar-refractivity contribution in [2.45, 2.75) is 58.0 Å². The summed E-state index contributed by atoms with van der Waals surface area (Å²) in [7, 11) is 0. The van der Waals surface area contributed by atoms with E-state index in [-0.39, 0.29) is 23.9 Å². The average Bonchev–Trinajstić information content (AvgIpc) is 3.06. The van der Waals surface area contributed by atoms with Crippen LogP contribution in [0.1, 0.15) is 55.6 Å². The predicted molar refractivity (Wildman–Crippen MR) is 104 cm³/mol. The molecule has 3 rings (SSSR count). The number of rotatable bonds is 6. The molecule has 3 N–H and O–H groups in total. The maximum atomic E-state index is 12.3. The number of nitrogens with one attached hydrogen (secondary N) is 3. The van der Waals surface area contributed by atoms with Gasteiger partial charge in [-0.05, 0) is 57.9 Å². The number of amides is 2. The molecule has 0 saturated heterocycles. The van der Waals surface area contributed by atoms with Gasteiger partial charge in [-0.2, -0.15) is 0 Å². The molecular formula is C20H27N5O2. The molecule has 0 unspecified atom stereocenters. The van der Waals surface area contributed by atoms with E-state index >= 15 is 0 Å². The molecule has 2 aromatic rings. The first-order valence-corrected chi connectivity index (χ1v) is 9.53. The lowest BCUT2D eigenvalue weighted by molar-refractivity contribution is -0.117. The summed E-state index contributed by atoms with van der Waals surface area (Å²) in [6.07, 6.45) is 9.61. The lowest BCUT2D eigenvalue weighted by Crippen LogP contribution is -2.36. The molecule has 27 heavy (non-hydrogen) atoms. The third-order valence-corrected chi connectivity index (χ3v) is 4.97. The van der Waals surface area contributed by atoms with Gasteiger partial charge in [-0.1, -0.05) is 6.58 Å². The van der Waals surface area contributed by atoms with Gasteiger partial charge in [-0.3, -0.25) is 9.59 Å². The van der Waals surface area contributed by atoms with Crippen LogP contribution >= 0.6 is 0 Å². The van der Waals surface area contributed by atoms with E-state index in [0.29, 0.717) is 22.6 Å². The molecule has 0 aliphatic heterocycles. The van der Waals surface area contributed by atoms with Gasteiger partial charge >= 0.3 is 0 Å². The minimum absolute atomic E-state index is 0.0651. The third-order valence-electron chi connectivity index (χ3n) is 4.97. The minimum Gasteiger partial charge on any atom is -0.350 e. The molecule has 1 fully saturated rings. The van der Waals surface area contributed by atoms with E-state index in [0.717, 1.165) is 37.8 Å². The van der Waals surface area contributed by atoms with Gasteiger partial charge in [0.05, 0.1) is 17.5 Å². The fourth-order valence-corrected chi connectivity index (χ4v) is 3.61. The zero-order valence-corrected chi connectivity index (χ0v) is 15.9. The monoisotopic (exact) mass is 369 g/mol. The van der Waals surface area contributed by atoms with Crippen molar-refractivity contribution in [2.75, 3.05) is 0 Å². The van der Waals surface area contributed by atoms with E-state index in [1.165, 1.54) is 6.08 Å². The Hall–Kier alpha value is -2.70. The number of carbonyl (C=O) groups excluding carboxylic acids is 2. The summed E-state index contributed by atoms with van der Waals surface area (Å²) in [5.41, 5.74) is 2.68. The van der Waals surface area contributed by atoms with Gasteiger partial charge in [0.15, 0.2) is 5.65 Å². The van der Waals surface area contributed by atoms with E-state index in [1.807, 2.05) is 13.8 Å². The van der Waals surface area contributed by atoms with Crippen molar-refractivity contribution in [1.29, 1.82) is 0 Å². The van der Waals surface area contributed by atoms with Crippen LogP contribution < -0.4 is 10.6 Å². The van der Waals surface area contributed by atoms with Crippen LogP contribution in [-0.4, -0.2) is 38.8 Å². The van der Waals surface area contributed by atoms with E-state index in [1.54, 1.807) is 12.4 Å². The number of aromatic amines is 1. The molecule has 1 aliphatic carbocycles. The third kappa shape index (κ3) is 4.72. The summed E-state index contributed by atoms with van der Waals surface area (Å²) in [5, 5.41) is 5.87. The van der Waals surface area contributed by atoms with E-state index in [2.05, 4.69) is 27.2 Å². The highest BCUT2D eigenvalue weighted by molar-refractivity contribution is 6.04. The van der Waals surface area contributed by atoms with Crippen LogP contribution in [0, 0.1) is 5.92 Å². The Balaban J connectivity index is 1.65. The van der Waals surface area contributed by atoms with Crippen LogP contribution in [-0.2, 0) is 11.2 Å². The van der Waals surface area contributed by atoms with Gasteiger partial charge < -0.3 is 15.6 Å². The molecule has 2 heterocycles. The molecular weight excluding hydrogens is 342 g/mol. The fourth-order valence-electron chi connectivity index (χ4n) is 3.61. The predicted octanol–water partition coefficient (Wildman–Crippen LogP) is 2.50. The number of hydrogen-bond acceptors (Lipinski definition) is 4. The first kappa shape index (κ1) is 19.1. The molecule has 2 aromatic heterocycles. The van der Waals surface area contributed by atoms with Crippen LogP contribution in [0.25, 0.3) is 11.2 Å². The van der Waals surface area contributed by atoms with Gasteiger partial charge in [0.2, 0.25) is 5.91 Å². The standard InChI is InChI=1S/C20H27N5O2/c1-4-17(26)24-14-7-5-13(6-8-14)9-15-10-21-19-18(25-15)16(11-22-19)20(27)23-12(2)3/h4,10-14H,1,5-9H2,2-3H3,(H,21,22)(H,23,27)(H,24,26). The van der Waals surface area contributed by atoms with Crippen molar-refractivity contribution < 1.29 is 9.59 Å². The van der Waals surface area contributed by atoms with Crippen molar-refractivity contribution in [3.8, 4) is 0 Å². The largest absolute Gasteiger partial charge is 0.350 e. The van der Waals surface area contributed by atoms with Crippen LogP contribution in [0.4, 0.5) is 0 Å². The fraction of sp³-hybridized carbons (Fsp3) is 0.500. The average molecular weight is 369 g/mol. The Morgan fingerprint density at radius 1 is 1.33 bits per heavy atom. The number of fused-ring (bicyclic) bond motifs is 1. The van der Waals surface area contributed by atoms with Crippen LogP contribution in [0.15, 0.2) is 25.0 Å². The molecule has 1 saturated carbocycles. The molecule has 0 atom stereocenters. The lowest BCUT2D eigenvalue weighted by atomic mass is 9.83. The molecule has 7 heteroatoms. The second-order valence-corrected chi connectivity index (χ2v) is 7.52. The topological polar surface area (TPSA) is 99.8 Å².